The van der Waals surface area contributed by atoms with E-state index in [0.29, 0.717) is 0 Å². The zero-order chi connectivity index (χ0) is 11.5. The van der Waals surface area contributed by atoms with Crippen molar-refractivity contribution in [1.29, 1.82) is 0 Å². The maximum atomic E-state index is 3.54. The van der Waals surface area contributed by atoms with Gasteiger partial charge < -0.3 is 5.32 Å². The molecule has 3 aliphatic heterocycles. The summed E-state index contributed by atoms with van der Waals surface area (Å²) in [5.41, 5.74) is 0. The second-order valence-electron chi connectivity index (χ2n) is 6.02. The van der Waals surface area contributed by atoms with Gasteiger partial charge in [-0.15, -0.1) is 0 Å². The Morgan fingerprint density at radius 3 is 2.59 bits per heavy atom. The molecule has 0 amide bonds. The van der Waals surface area contributed by atoms with E-state index in [2.05, 4.69) is 15.1 Å². The van der Waals surface area contributed by atoms with Crippen molar-refractivity contribution < 1.29 is 0 Å². The van der Waals surface area contributed by atoms with Gasteiger partial charge >= 0.3 is 0 Å². The van der Waals surface area contributed by atoms with Crippen LogP contribution in [0.4, 0.5) is 0 Å². The molecule has 0 aromatic rings. The lowest BCUT2D eigenvalue weighted by atomic mass is 9.97. The lowest BCUT2D eigenvalue weighted by Gasteiger charge is -2.46. The highest BCUT2D eigenvalue weighted by atomic mass is 15.3. The van der Waals surface area contributed by atoms with E-state index in [0.717, 1.165) is 12.1 Å². The molecule has 0 spiro atoms. The fraction of sp³-hybridized carbons (Fsp3) is 1.00. The Labute approximate surface area is 106 Å². The van der Waals surface area contributed by atoms with Gasteiger partial charge in [0.05, 0.1) is 0 Å². The monoisotopic (exact) mass is 237 g/mol. The standard InChI is InChI=1S/C14H27N3/c1-2-9-16-10-11-17(12-14(16)4-1)13-5-3-7-15-8-6-13/h13-15H,1-12H2. The molecule has 0 bridgehead atoms. The van der Waals surface area contributed by atoms with Crippen molar-refractivity contribution in [3.63, 3.8) is 0 Å². The van der Waals surface area contributed by atoms with E-state index >= 15 is 0 Å². The number of piperidine rings is 1. The summed E-state index contributed by atoms with van der Waals surface area (Å²) in [6.07, 6.45) is 8.49. The smallest absolute Gasteiger partial charge is 0.0223 e. The van der Waals surface area contributed by atoms with Crippen LogP contribution in [0.5, 0.6) is 0 Å². The summed E-state index contributed by atoms with van der Waals surface area (Å²) in [4.78, 5) is 5.55. The predicted octanol–water partition coefficient (Wildman–Crippen LogP) is 1.30. The third-order valence-corrected chi connectivity index (χ3v) is 4.93. The molecular weight excluding hydrogens is 210 g/mol. The first-order valence-electron chi connectivity index (χ1n) is 7.62. The van der Waals surface area contributed by atoms with Gasteiger partial charge in [-0.3, -0.25) is 9.80 Å². The van der Waals surface area contributed by atoms with Crippen LogP contribution in [0.3, 0.4) is 0 Å². The van der Waals surface area contributed by atoms with Gasteiger partial charge in [-0.05, 0) is 51.7 Å². The van der Waals surface area contributed by atoms with Gasteiger partial charge in [0.2, 0.25) is 0 Å². The highest BCUT2D eigenvalue weighted by Crippen LogP contribution is 2.24. The number of nitrogens with one attached hydrogen (secondary N) is 1. The van der Waals surface area contributed by atoms with Crippen LogP contribution in [0, 0.1) is 0 Å². The largest absolute Gasteiger partial charge is 0.317 e. The highest BCUT2D eigenvalue weighted by Gasteiger charge is 2.31. The second kappa shape index (κ2) is 5.68. The Morgan fingerprint density at radius 1 is 0.706 bits per heavy atom. The Morgan fingerprint density at radius 2 is 1.59 bits per heavy atom. The van der Waals surface area contributed by atoms with Crippen LogP contribution >= 0.6 is 0 Å². The van der Waals surface area contributed by atoms with Crippen LogP contribution in [0.1, 0.15) is 38.5 Å². The van der Waals surface area contributed by atoms with E-state index in [9.17, 15) is 0 Å². The lowest BCUT2D eigenvalue weighted by molar-refractivity contribution is 0.0245. The lowest BCUT2D eigenvalue weighted by Crippen LogP contribution is -2.57. The molecular formula is C14H27N3. The first-order chi connectivity index (χ1) is 8.43. The molecule has 2 atom stereocenters. The number of hydrogen-bond donors (Lipinski definition) is 1. The van der Waals surface area contributed by atoms with Gasteiger partial charge in [0, 0.05) is 31.7 Å². The van der Waals surface area contributed by atoms with Crippen LogP contribution in [0.15, 0.2) is 0 Å². The van der Waals surface area contributed by atoms with Gasteiger partial charge in [0.25, 0.3) is 0 Å². The predicted molar refractivity (Wildman–Crippen MR) is 71.3 cm³/mol. The number of hydrogen-bond acceptors (Lipinski definition) is 3. The van der Waals surface area contributed by atoms with Crippen LogP contribution in [0.2, 0.25) is 0 Å². The third-order valence-electron chi connectivity index (χ3n) is 4.93. The summed E-state index contributed by atoms with van der Waals surface area (Å²) in [7, 11) is 0. The molecule has 98 valence electrons. The molecule has 17 heavy (non-hydrogen) atoms. The highest BCUT2D eigenvalue weighted by molar-refractivity contribution is 4.88. The Bertz CT molecular complexity index is 236. The van der Waals surface area contributed by atoms with Gasteiger partial charge in [-0.1, -0.05) is 6.42 Å². The number of piperazine rings is 1. The van der Waals surface area contributed by atoms with Crippen LogP contribution in [0.25, 0.3) is 0 Å². The van der Waals surface area contributed by atoms with Gasteiger partial charge in [0.1, 0.15) is 0 Å². The van der Waals surface area contributed by atoms with E-state index in [-0.39, 0.29) is 0 Å². The van der Waals surface area contributed by atoms with Crippen molar-refractivity contribution in [2.75, 3.05) is 39.3 Å². The Hall–Kier alpha value is -0.120. The Kier molecular flexibility index (Phi) is 3.99. The summed E-state index contributed by atoms with van der Waals surface area (Å²) in [5.74, 6) is 0. The average molecular weight is 237 g/mol. The van der Waals surface area contributed by atoms with E-state index in [1.807, 2.05) is 0 Å². The number of nitrogens with zero attached hydrogens (tertiary/aromatic N) is 2. The van der Waals surface area contributed by atoms with Crippen molar-refractivity contribution in [2.24, 2.45) is 0 Å². The molecule has 0 aliphatic carbocycles. The van der Waals surface area contributed by atoms with Crippen LogP contribution in [-0.2, 0) is 0 Å². The zero-order valence-electron chi connectivity index (χ0n) is 11.0. The maximum Gasteiger partial charge on any atom is 0.0223 e. The zero-order valence-corrected chi connectivity index (χ0v) is 11.0. The fourth-order valence-electron chi connectivity index (χ4n) is 3.88. The first-order valence-corrected chi connectivity index (χ1v) is 7.62. The van der Waals surface area contributed by atoms with E-state index in [4.69, 9.17) is 0 Å². The quantitative estimate of drug-likeness (QED) is 0.741. The second-order valence-corrected chi connectivity index (χ2v) is 6.02. The van der Waals surface area contributed by atoms with Crippen molar-refractivity contribution in [3.05, 3.63) is 0 Å². The Balaban J connectivity index is 1.57. The molecule has 3 saturated heterocycles. The SMILES string of the molecule is C1CCN2CCN(C3CCCNCC3)CC2C1. The van der Waals surface area contributed by atoms with Crippen LogP contribution < -0.4 is 5.32 Å². The first kappa shape index (κ1) is 11.9. The minimum atomic E-state index is 0.870. The van der Waals surface area contributed by atoms with Gasteiger partial charge in [0.15, 0.2) is 0 Å². The van der Waals surface area contributed by atoms with Crippen molar-refractivity contribution in [2.45, 2.75) is 50.6 Å². The average Bonchev–Trinajstić information content (AvgIpc) is 2.67. The summed E-state index contributed by atoms with van der Waals surface area (Å²) in [5, 5.41) is 3.54. The molecule has 2 unspecified atom stereocenters. The summed E-state index contributed by atoms with van der Waals surface area (Å²) in [6, 6.07) is 1.75. The molecule has 3 nitrogen and oxygen atoms in total. The number of fused-ring (bicyclic) bond motifs is 1. The molecule has 3 aliphatic rings. The van der Waals surface area contributed by atoms with Crippen molar-refractivity contribution in [1.82, 2.24) is 15.1 Å². The minimum absolute atomic E-state index is 0.870. The molecule has 0 saturated carbocycles. The molecule has 0 aromatic carbocycles. The molecule has 0 aromatic heterocycles. The molecule has 3 rings (SSSR count). The summed E-state index contributed by atoms with van der Waals surface area (Å²) >= 11 is 0. The van der Waals surface area contributed by atoms with Gasteiger partial charge in [-0.2, -0.15) is 0 Å². The normalized spacial score (nSPS) is 37.4. The summed E-state index contributed by atoms with van der Waals surface area (Å²) in [6.45, 7) is 7.83. The fourth-order valence-corrected chi connectivity index (χ4v) is 3.88. The molecule has 3 heterocycles. The van der Waals surface area contributed by atoms with Crippen molar-refractivity contribution in [3.8, 4) is 0 Å². The molecule has 3 fully saturated rings. The number of rotatable bonds is 1. The minimum Gasteiger partial charge on any atom is -0.317 e. The van der Waals surface area contributed by atoms with E-state index in [1.54, 1.807) is 0 Å². The van der Waals surface area contributed by atoms with Crippen molar-refractivity contribution >= 4 is 0 Å². The van der Waals surface area contributed by atoms with E-state index in [1.165, 1.54) is 77.8 Å². The van der Waals surface area contributed by atoms with Crippen LogP contribution in [-0.4, -0.2) is 61.2 Å². The third kappa shape index (κ3) is 2.83. The molecule has 3 heteroatoms. The van der Waals surface area contributed by atoms with E-state index < -0.39 is 0 Å². The van der Waals surface area contributed by atoms with Gasteiger partial charge in [-0.25, -0.2) is 0 Å². The maximum absolute atomic E-state index is 3.54. The molecule has 0 radical (unpaired) electrons. The summed E-state index contributed by atoms with van der Waals surface area (Å²) < 4.78 is 0. The molecule has 1 N–H and O–H groups in total. The topological polar surface area (TPSA) is 18.5 Å².